The summed E-state index contributed by atoms with van der Waals surface area (Å²) in [5.41, 5.74) is 0.590. The smallest absolute Gasteiger partial charge is 0.416 e. The molecule has 1 aliphatic rings. The molecular weight excluding hydrogens is 413 g/mol. The predicted octanol–water partition coefficient (Wildman–Crippen LogP) is 4.48. The normalized spacial score (nSPS) is 16.2. The summed E-state index contributed by atoms with van der Waals surface area (Å²) in [6.45, 7) is 3.49. The van der Waals surface area contributed by atoms with E-state index in [2.05, 4.69) is 10.3 Å². The SMILES string of the molecule is CC(Cc1ccc(OCC2=NCCS2)cc1)NCC(O)c1cccc(C(F)(F)F)c1. The highest BCUT2D eigenvalue weighted by molar-refractivity contribution is 8.14. The van der Waals surface area contributed by atoms with Crippen LogP contribution in [0.2, 0.25) is 0 Å². The van der Waals surface area contributed by atoms with Crippen molar-refractivity contribution in [2.24, 2.45) is 4.99 Å². The number of aliphatic hydroxyl groups excluding tert-OH is 1. The molecule has 0 saturated carbocycles. The largest absolute Gasteiger partial charge is 0.487 e. The van der Waals surface area contributed by atoms with E-state index < -0.39 is 17.8 Å². The summed E-state index contributed by atoms with van der Waals surface area (Å²) in [7, 11) is 0. The Kier molecular flexibility index (Phi) is 7.80. The molecule has 2 aromatic rings. The number of thioether (sulfide) groups is 1. The van der Waals surface area contributed by atoms with Crippen LogP contribution < -0.4 is 10.1 Å². The number of aliphatic hydroxyl groups is 1. The molecule has 3 rings (SSSR count). The number of rotatable bonds is 9. The van der Waals surface area contributed by atoms with Crippen LogP contribution in [0.3, 0.4) is 0 Å². The molecule has 0 amide bonds. The van der Waals surface area contributed by atoms with E-state index in [1.807, 2.05) is 31.2 Å². The van der Waals surface area contributed by atoms with E-state index in [9.17, 15) is 18.3 Å². The molecule has 2 N–H and O–H groups in total. The molecule has 1 heterocycles. The summed E-state index contributed by atoms with van der Waals surface area (Å²) >= 11 is 1.72. The van der Waals surface area contributed by atoms with Crippen LogP contribution in [-0.2, 0) is 12.6 Å². The third-order valence-corrected chi connectivity index (χ3v) is 5.70. The van der Waals surface area contributed by atoms with E-state index in [-0.39, 0.29) is 18.2 Å². The standard InChI is InChI=1S/C22H25F3N2O2S/c1-15(27-13-20(28)17-3-2-4-18(12-17)22(23,24)25)11-16-5-7-19(8-6-16)29-14-21-26-9-10-30-21/h2-8,12,15,20,27-28H,9-11,13-14H2,1H3. The molecule has 0 radical (unpaired) electrons. The van der Waals surface area contributed by atoms with Crippen molar-refractivity contribution in [1.29, 1.82) is 0 Å². The van der Waals surface area contributed by atoms with E-state index in [4.69, 9.17) is 4.74 Å². The highest BCUT2D eigenvalue weighted by Crippen LogP contribution is 2.30. The molecule has 2 unspecified atom stereocenters. The van der Waals surface area contributed by atoms with Gasteiger partial charge in [-0.2, -0.15) is 13.2 Å². The van der Waals surface area contributed by atoms with Crippen LogP contribution in [0.15, 0.2) is 53.5 Å². The van der Waals surface area contributed by atoms with E-state index in [1.165, 1.54) is 12.1 Å². The lowest BCUT2D eigenvalue weighted by molar-refractivity contribution is -0.137. The Balaban J connectivity index is 1.45. The molecule has 162 valence electrons. The van der Waals surface area contributed by atoms with Crippen molar-refractivity contribution in [3.63, 3.8) is 0 Å². The Morgan fingerprint density at radius 1 is 1.20 bits per heavy atom. The Hall–Kier alpha value is -2.03. The van der Waals surface area contributed by atoms with Gasteiger partial charge in [-0.1, -0.05) is 24.3 Å². The minimum atomic E-state index is -4.42. The fourth-order valence-electron chi connectivity index (χ4n) is 3.11. The molecule has 0 bridgehead atoms. The van der Waals surface area contributed by atoms with Gasteiger partial charge in [0, 0.05) is 24.9 Å². The van der Waals surface area contributed by atoms with Gasteiger partial charge in [0.2, 0.25) is 0 Å². The maximum absolute atomic E-state index is 12.8. The van der Waals surface area contributed by atoms with Gasteiger partial charge in [0.1, 0.15) is 17.4 Å². The molecule has 0 spiro atoms. The summed E-state index contributed by atoms with van der Waals surface area (Å²) in [5, 5.41) is 14.5. The minimum Gasteiger partial charge on any atom is -0.487 e. The zero-order valence-electron chi connectivity index (χ0n) is 16.7. The average molecular weight is 439 g/mol. The first-order chi connectivity index (χ1) is 14.3. The summed E-state index contributed by atoms with van der Waals surface area (Å²) < 4.78 is 44.2. The Bertz CT molecular complexity index is 856. The van der Waals surface area contributed by atoms with Crippen molar-refractivity contribution in [1.82, 2.24) is 5.32 Å². The number of hydrogen-bond donors (Lipinski definition) is 2. The number of nitrogens with zero attached hydrogens (tertiary/aromatic N) is 1. The number of benzene rings is 2. The van der Waals surface area contributed by atoms with Crippen LogP contribution in [-0.4, -0.2) is 41.6 Å². The summed E-state index contributed by atoms with van der Waals surface area (Å²) in [5.74, 6) is 1.81. The zero-order valence-corrected chi connectivity index (χ0v) is 17.5. The minimum absolute atomic E-state index is 0.0430. The maximum atomic E-state index is 12.8. The van der Waals surface area contributed by atoms with Gasteiger partial charge >= 0.3 is 6.18 Å². The Labute approximate surface area is 178 Å². The fraction of sp³-hybridized carbons (Fsp3) is 0.409. The van der Waals surface area contributed by atoms with Gasteiger partial charge in [-0.25, -0.2) is 0 Å². The van der Waals surface area contributed by atoms with Crippen LogP contribution in [0, 0.1) is 0 Å². The zero-order chi connectivity index (χ0) is 21.6. The average Bonchev–Trinajstić information content (AvgIpc) is 3.25. The van der Waals surface area contributed by atoms with Crippen molar-refractivity contribution in [2.75, 3.05) is 25.4 Å². The molecule has 30 heavy (non-hydrogen) atoms. The molecule has 0 aliphatic carbocycles. The lowest BCUT2D eigenvalue weighted by atomic mass is 10.0. The molecule has 4 nitrogen and oxygen atoms in total. The third-order valence-electron chi connectivity index (χ3n) is 4.73. The Morgan fingerprint density at radius 2 is 1.97 bits per heavy atom. The van der Waals surface area contributed by atoms with Crippen LogP contribution in [0.1, 0.15) is 29.7 Å². The van der Waals surface area contributed by atoms with Crippen LogP contribution in [0.5, 0.6) is 5.75 Å². The first kappa shape index (κ1) is 22.7. The van der Waals surface area contributed by atoms with Gasteiger partial charge in [-0.05, 0) is 48.7 Å². The number of hydrogen-bond acceptors (Lipinski definition) is 5. The van der Waals surface area contributed by atoms with E-state index in [1.54, 1.807) is 11.8 Å². The van der Waals surface area contributed by atoms with Crippen molar-refractivity contribution >= 4 is 16.8 Å². The van der Waals surface area contributed by atoms with Gasteiger partial charge < -0.3 is 15.2 Å². The van der Waals surface area contributed by atoms with Crippen LogP contribution >= 0.6 is 11.8 Å². The van der Waals surface area contributed by atoms with Gasteiger partial charge in [-0.15, -0.1) is 11.8 Å². The second kappa shape index (κ2) is 10.3. The van der Waals surface area contributed by atoms with Gasteiger partial charge in [0.15, 0.2) is 0 Å². The predicted molar refractivity (Wildman–Crippen MR) is 114 cm³/mol. The molecule has 0 aromatic heterocycles. The van der Waals surface area contributed by atoms with E-state index >= 15 is 0 Å². The lowest BCUT2D eigenvalue weighted by Gasteiger charge is -2.18. The first-order valence-electron chi connectivity index (χ1n) is 9.78. The van der Waals surface area contributed by atoms with Crippen molar-refractivity contribution in [3.8, 4) is 5.75 Å². The quantitative estimate of drug-likeness (QED) is 0.606. The summed E-state index contributed by atoms with van der Waals surface area (Å²) in [6.07, 6.45) is -4.71. The number of nitrogens with one attached hydrogen (secondary N) is 1. The van der Waals surface area contributed by atoms with Crippen molar-refractivity contribution in [3.05, 3.63) is 65.2 Å². The van der Waals surface area contributed by atoms with Gasteiger partial charge in [0.25, 0.3) is 0 Å². The number of halogens is 3. The molecule has 8 heteroatoms. The topological polar surface area (TPSA) is 53.8 Å². The highest BCUT2D eigenvalue weighted by Gasteiger charge is 2.30. The number of ether oxygens (including phenoxy) is 1. The molecule has 2 aromatic carbocycles. The fourth-order valence-corrected chi connectivity index (χ4v) is 3.86. The van der Waals surface area contributed by atoms with E-state index in [0.717, 1.165) is 47.2 Å². The number of alkyl halides is 3. The lowest BCUT2D eigenvalue weighted by Crippen LogP contribution is -2.32. The first-order valence-corrected chi connectivity index (χ1v) is 10.8. The summed E-state index contributed by atoms with van der Waals surface area (Å²) in [4.78, 5) is 4.35. The Morgan fingerprint density at radius 3 is 2.63 bits per heavy atom. The highest BCUT2D eigenvalue weighted by atomic mass is 32.2. The summed E-state index contributed by atoms with van der Waals surface area (Å²) in [6, 6.07) is 12.7. The van der Waals surface area contributed by atoms with Crippen molar-refractivity contribution < 1.29 is 23.0 Å². The molecule has 1 aliphatic heterocycles. The molecule has 0 saturated heterocycles. The maximum Gasteiger partial charge on any atom is 0.416 e. The number of aliphatic imine (C=N–C) groups is 1. The monoisotopic (exact) mass is 438 g/mol. The van der Waals surface area contributed by atoms with Gasteiger partial charge in [-0.3, -0.25) is 4.99 Å². The van der Waals surface area contributed by atoms with Gasteiger partial charge in [0.05, 0.1) is 11.7 Å². The molecule has 0 fully saturated rings. The third kappa shape index (κ3) is 6.75. The molecular formula is C22H25F3N2O2S. The van der Waals surface area contributed by atoms with Crippen LogP contribution in [0.4, 0.5) is 13.2 Å². The van der Waals surface area contributed by atoms with Crippen molar-refractivity contribution in [2.45, 2.75) is 31.7 Å². The second-order valence-electron chi connectivity index (χ2n) is 7.21. The molecule has 2 atom stereocenters. The van der Waals surface area contributed by atoms with Crippen LogP contribution in [0.25, 0.3) is 0 Å². The van der Waals surface area contributed by atoms with E-state index in [0.29, 0.717) is 6.61 Å². The second-order valence-corrected chi connectivity index (χ2v) is 8.38.